The Hall–Kier alpha value is -0.120. The number of rotatable bonds is 6. The van der Waals surface area contributed by atoms with Gasteiger partial charge in [0.1, 0.15) is 0 Å². The standard InChI is InChI=1S/C15H33N3/c1-13(2)17(5)12-9-16-15-7-6-10-18(11-8-15)14(3)4/h13-16H,6-12H2,1-5H3. The minimum Gasteiger partial charge on any atom is -0.313 e. The number of likely N-dealkylation sites (N-methyl/N-ethyl adjacent to an activating group) is 1. The van der Waals surface area contributed by atoms with Gasteiger partial charge in [0.05, 0.1) is 0 Å². The Bertz CT molecular complexity index is 216. The van der Waals surface area contributed by atoms with E-state index in [1.165, 1.54) is 32.4 Å². The molecule has 0 aromatic heterocycles. The minimum absolute atomic E-state index is 0.650. The Balaban J connectivity index is 2.19. The van der Waals surface area contributed by atoms with Crippen molar-refractivity contribution in [2.75, 3.05) is 33.2 Å². The van der Waals surface area contributed by atoms with Crippen molar-refractivity contribution in [3.63, 3.8) is 0 Å². The van der Waals surface area contributed by atoms with E-state index in [0.29, 0.717) is 12.1 Å². The molecule has 0 aromatic carbocycles. The lowest BCUT2D eigenvalue weighted by Crippen LogP contribution is -2.39. The second-order valence-corrected chi connectivity index (χ2v) is 6.29. The number of likely N-dealkylation sites (tertiary alicyclic amines) is 1. The fraction of sp³-hybridized carbons (Fsp3) is 1.00. The Morgan fingerprint density at radius 2 is 1.89 bits per heavy atom. The molecule has 0 aromatic rings. The lowest BCUT2D eigenvalue weighted by Gasteiger charge is -2.25. The van der Waals surface area contributed by atoms with Crippen molar-refractivity contribution in [3.05, 3.63) is 0 Å². The maximum Gasteiger partial charge on any atom is 0.0107 e. The molecular weight excluding hydrogens is 222 g/mol. The molecule has 1 rings (SSSR count). The summed E-state index contributed by atoms with van der Waals surface area (Å²) in [5, 5.41) is 3.74. The van der Waals surface area contributed by atoms with E-state index in [4.69, 9.17) is 0 Å². The Kier molecular flexibility index (Phi) is 7.20. The van der Waals surface area contributed by atoms with Gasteiger partial charge in [0.2, 0.25) is 0 Å². The van der Waals surface area contributed by atoms with Crippen LogP contribution >= 0.6 is 0 Å². The maximum absolute atomic E-state index is 3.74. The molecule has 1 saturated heterocycles. The lowest BCUT2D eigenvalue weighted by atomic mass is 10.1. The molecule has 1 atom stereocenters. The fourth-order valence-electron chi connectivity index (χ4n) is 2.54. The second kappa shape index (κ2) is 8.13. The largest absolute Gasteiger partial charge is 0.313 e. The molecule has 0 radical (unpaired) electrons. The zero-order valence-electron chi connectivity index (χ0n) is 13.1. The third kappa shape index (κ3) is 5.68. The normalized spacial score (nSPS) is 23.0. The highest BCUT2D eigenvalue weighted by atomic mass is 15.2. The summed E-state index contributed by atoms with van der Waals surface area (Å²) in [6.45, 7) is 14.0. The highest BCUT2D eigenvalue weighted by Gasteiger charge is 2.18. The molecule has 0 bridgehead atoms. The SMILES string of the molecule is CC(C)N(C)CCNC1CCCN(C(C)C)CC1. The average Bonchev–Trinajstić information content (AvgIpc) is 2.54. The summed E-state index contributed by atoms with van der Waals surface area (Å²) >= 11 is 0. The van der Waals surface area contributed by atoms with Crippen molar-refractivity contribution >= 4 is 0 Å². The van der Waals surface area contributed by atoms with E-state index in [1.807, 2.05) is 0 Å². The molecule has 0 spiro atoms. The third-order valence-corrected chi connectivity index (χ3v) is 4.27. The number of hydrogen-bond donors (Lipinski definition) is 1. The van der Waals surface area contributed by atoms with Gasteiger partial charge in [-0.3, -0.25) is 0 Å². The van der Waals surface area contributed by atoms with E-state index in [1.54, 1.807) is 0 Å². The van der Waals surface area contributed by atoms with Gasteiger partial charge < -0.3 is 15.1 Å². The smallest absolute Gasteiger partial charge is 0.0107 e. The first kappa shape index (κ1) is 15.9. The molecule has 3 nitrogen and oxygen atoms in total. The minimum atomic E-state index is 0.650. The Morgan fingerprint density at radius 1 is 1.17 bits per heavy atom. The van der Waals surface area contributed by atoms with Crippen LogP contribution in [0.4, 0.5) is 0 Å². The van der Waals surface area contributed by atoms with E-state index in [-0.39, 0.29) is 0 Å². The van der Waals surface area contributed by atoms with Crippen molar-refractivity contribution in [1.82, 2.24) is 15.1 Å². The second-order valence-electron chi connectivity index (χ2n) is 6.29. The van der Waals surface area contributed by atoms with Crippen molar-refractivity contribution in [3.8, 4) is 0 Å². The van der Waals surface area contributed by atoms with Gasteiger partial charge in [0.15, 0.2) is 0 Å². The predicted octanol–water partition coefficient (Wildman–Crippen LogP) is 2.18. The van der Waals surface area contributed by atoms with Gasteiger partial charge in [-0.25, -0.2) is 0 Å². The summed E-state index contributed by atoms with van der Waals surface area (Å²) in [5.74, 6) is 0. The van der Waals surface area contributed by atoms with Gasteiger partial charge in [0.25, 0.3) is 0 Å². The van der Waals surface area contributed by atoms with Crippen LogP contribution in [0, 0.1) is 0 Å². The van der Waals surface area contributed by atoms with Crippen molar-refractivity contribution in [2.45, 2.75) is 65.1 Å². The summed E-state index contributed by atoms with van der Waals surface area (Å²) < 4.78 is 0. The Morgan fingerprint density at radius 3 is 2.50 bits per heavy atom. The van der Waals surface area contributed by atoms with Crippen LogP contribution in [0.3, 0.4) is 0 Å². The highest BCUT2D eigenvalue weighted by molar-refractivity contribution is 4.76. The number of nitrogens with one attached hydrogen (secondary N) is 1. The van der Waals surface area contributed by atoms with Crippen molar-refractivity contribution in [2.24, 2.45) is 0 Å². The number of nitrogens with zero attached hydrogens (tertiary/aromatic N) is 2. The monoisotopic (exact) mass is 255 g/mol. The molecule has 108 valence electrons. The summed E-state index contributed by atoms with van der Waals surface area (Å²) in [6, 6.07) is 2.09. The van der Waals surface area contributed by atoms with Crippen LogP contribution in [0.1, 0.15) is 47.0 Å². The Labute approximate surface area is 114 Å². The molecule has 1 aliphatic rings. The molecule has 0 amide bonds. The molecule has 1 heterocycles. The van der Waals surface area contributed by atoms with Gasteiger partial charge in [-0.2, -0.15) is 0 Å². The van der Waals surface area contributed by atoms with Gasteiger partial charge in [-0.15, -0.1) is 0 Å². The third-order valence-electron chi connectivity index (χ3n) is 4.27. The van der Waals surface area contributed by atoms with Crippen LogP contribution in [0.15, 0.2) is 0 Å². The first-order chi connectivity index (χ1) is 8.50. The lowest BCUT2D eigenvalue weighted by molar-refractivity contribution is 0.228. The van der Waals surface area contributed by atoms with Crippen molar-refractivity contribution in [1.29, 1.82) is 0 Å². The van der Waals surface area contributed by atoms with Crippen molar-refractivity contribution < 1.29 is 0 Å². The first-order valence-corrected chi connectivity index (χ1v) is 7.68. The molecule has 1 N–H and O–H groups in total. The molecule has 1 aliphatic heterocycles. The molecule has 18 heavy (non-hydrogen) atoms. The van der Waals surface area contributed by atoms with E-state index in [9.17, 15) is 0 Å². The predicted molar refractivity (Wildman–Crippen MR) is 80.1 cm³/mol. The molecule has 0 aliphatic carbocycles. The summed E-state index contributed by atoms with van der Waals surface area (Å²) in [4.78, 5) is 5.02. The highest BCUT2D eigenvalue weighted by Crippen LogP contribution is 2.13. The molecule has 1 fully saturated rings. The van der Waals surface area contributed by atoms with Crippen LogP contribution in [-0.4, -0.2) is 61.2 Å². The van der Waals surface area contributed by atoms with Gasteiger partial charge in [-0.05, 0) is 67.1 Å². The molecule has 1 unspecified atom stereocenters. The quantitative estimate of drug-likeness (QED) is 0.785. The number of hydrogen-bond acceptors (Lipinski definition) is 3. The van der Waals surface area contributed by atoms with Gasteiger partial charge in [-0.1, -0.05) is 0 Å². The zero-order valence-corrected chi connectivity index (χ0v) is 13.1. The topological polar surface area (TPSA) is 18.5 Å². The molecular formula is C15H33N3. The summed E-state index contributed by atoms with van der Waals surface area (Å²) in [7, 11) is 2.21. The van der Waals surface area contributed by atoms with Gasteiger partial charge >= 0.3 is 0 Å². The fourth-order valence-corrected chi connectivity index (χ4v) is 2.54. The molecule has 0 saturated carbocycles. The van der Waals surface area contributed by atoms with Gasteiger partial charge in [0, 0.05) is 31.2 Å². The van der Waals surface area contributed by atoms with Crippen LogP contribution in [0.5, 0.6) is 0 Å². The van der Waals surface area contributed by atoms with Crippen LogP contribution in [0.25, 0.3) is 0 Å². The maximum atomic E-state index is 3.74. The van der Waals surface area contributed by atoms with E-state index < -0.39 is 0 Å². The molecule has 3 heteroatoms. The van der Waals surface area contributed by atoms with E-state index in [0.717, 1.165) is 19.1 Å². The zero-order chi connectivity index (χ0) is 13.5. The first-order valence-electron chi connectivity index (χ1n) is 7.68. The average molecular weight is 255 g/mol. The summed E-state index contributed by atoms with van der Waals surface area (Å²) in [5.41, 5.74) is 0. The van der Waals surface area contributed by atoms with E-state index >= 15 is 0 Å². The van der Waals surface area contributed by atoms with Crippen LogP contribution in [0.2, 0.25) is 0 Å². The summed E-state index contributed by atoms with van der Waals surface area (Å²) in [6.07, 6.45) is 3.99. The van der Waals surface area contributed by atoms with Crippen LogP contribution in [-0.2, 0) is 0 Å². The van der Waals surface area contributed by atoms with Crippen LogP contribution < -0.4 is 5.32 Å². The van der Waals surface area contributed by atoms with E-state index in [2.05, 4.69) is 49.9 Å².